The normalized spacial score (nSPS) is 10.3. The molecule has 2 rings (SSSR count). The molecule has 0 bridgehead atoms. The number of rotatable bonds is 2. The fourth-order valence-electron chi connectivity index (χ4n) is 1.85. The van der Waals surface area contributed by atoms with Gasteiger partial charge in [-0.05, 0) is 56.7 Å². The summed E-state index contributed by atoms with van der Waals surface area (Å²) in [7, 11) is 0. The van der Waals surface area contributed by atoms with E-state index in [-0.39, 0.29) is 5.91 Å². The number of nitrogens with one attached hydrogen (secondary N) is 1. The molecule has 0 radical (unpaired) electrons. The van der Waals surface area contributed by atoms with Crippen molar-refractivity contribution in [1.82, 2.24) is 4.98 Å². The molecule has 0 saturated carbocycles. The SMILES string of the molecule is Cc1ccc(C(=O)Nc2ccc(Br)c(C)c2)c(C)n1. The van der Waals surface area contributed by atoms with Crippen molar-refractivity contribution in [3.63, 3.8) is 0 Å². The van der Waals surface area contributed by atoms with Gasteiger partial charge in [0.15, 0.2) is 0 Å². The number of halogens is 1. The summed E-state index contributed by atoms with van der Waals surface area (Å²) in [4.78, 5) is 16.5. The molecule has 0 aliphatic heterocycles. The lowest BCUT2D eigenvalue weighted by Gasteiger charge is -2.09. The highest BCUT2D eigenvalue weighted by atomic mass is 79.9. The van der Waals surface area contributed by atoms with Crippen molar-refractivity contribution in [2.24, 2.45) is 0 Å². The average molecular weight is 319 g/mol. The predicted molar refractivity (Wildman–Crippen MR) is 80.5 cm³/mol. The smallest absolute Gasteiger partial charge is 0.257 e. The molecule has 0 saturated heterocycles. The molecule has 0 fully saturated rings. The summed E-state index contributed by atoms with van der Waals surface area (Å²) in [5.74, 6) is -0.133. The maximum Gasteiger partial charge on any atom is 0.257 e. The number of pyridine rings is 1. The zero-order chi connectivity index (χ0) is 14.0. The molecular weight excluding hydrogens is 304 g/mol. The van der Waals surface area contributed by atoms with E-state index in [0.717, 1.165) is 27.1 Å². The molecular formula is C15H15BrN2O. The number of carbonyl (C=O) groups excluding carboxylic acids is 1. The van der Waals surface area contributed by atoms with Crippen molar-refractivity contribution in [2.75, 3.05) is 5.32 Å². The van der Waals surface area contributed by atoms with E-state index >= 15 is 0 Å². The summed E-state index contributed by atoms with van der Waals surface area (Å²) in [5.41, 5.74) is 4.12. The van der Waals surface area contributed by atoms with E-state index in [4.69, 9.17) is 0 Å². The molecule has 1 aromatic heterocycles. The molecule has 3 nitrogen and oxygen atoms in total. The van der Waals surface area contributed by atoms with E-state index < -0.39 is 0 Å². The van der Waals surface area contributed by atoms with E-state index in [9.17, 15) is 4.79 Å². The third-order valence-electron chi connectivity index (χ3n) is 2.89. The Morgan fingerprint density at radius 3 is 2.53 bits per heavy atom. The maximum atomic E-state index is 12.2. The lowest BCUT2D eigenvalue weighted by Crippen LogP contribution is -2.14. The highest BCUT2D eigenvalue weighted by Crippen LogP contribution is 2.20. The highest BCUT2D eigenvalue weighted by molar-refractivity contribution is 9.10. The molecule has 0 atom stereocenters. The fraction of sp³-hybridized carbons (Fsp3) is 0.200. The molecule has 2 aromatic rings. The molecule has 0 unspecified atom stereocenters. The van der Waals surface area contributed by atoms with Crippen molar-refractivity contribution >= 4 is 27.5 Å². The Hall–Kier alpha value is -1.68. The summed E-state index contributed by atoms with van der Waals surface area (Å²) in [6.45, 7) is 5.74. The van der Waals surface area contributed by atoms with Crippen LogP contribution in [0.1, 0.15) is 27.3 Å². The van der Waals surface area contributed by atoms with Crippen LogP contribution in [-0.2, 0) is 0 Å². The molecule has 1 aromatic carbocycles. The number of hydrogen-bond acceptors (Lipinski definition) is 2. The predicted octanol–water partition coefficient (Wildman–Crippen LogP) is 4.02. The summed E-state index contributed by atoms with van der Waals surface area (Å²) in [5, 5.41) is 2.89. The first-order valence-corrected chi connectivity index (χ1v) is 6.78. The van der Waals surface area contributed by atoms with Gasteiger partial charge in [0.2, 0.25) is 0 Å². The summed E-state index contributed by atoms with van der Waals surface area (Å²) >= 11 is 3.44. The van der Waals surface area contributed by atoms with Crippen LogP contribution in [0.25, 0.3) is 0 Å². The first-order valence-electron chi connectivity index (χ1n) is 5.99. The second-order valence-corrected chi connectivity index (χ2v) is 5.36. The van der Waals surface area contributed by atoms with E-state index in [1.807, 2.05) is 45.0 Å². The minimum Gasteiger partial charge on any atom is -0.322 e. The Bertz CT molecular complexity index is 638. The number of benzene rings is 1. The Labute approximate surface area is 121 Å². The minimum absolute atomic E-state index is 0.133. The highest BCUT2D eigenvalue weighted by Gasteiger charge is 2.10. The van der Waals surface area contributed by atoms with Crippen LogP contribution in [0.2, 0.25) is 0 Å². The third kappa shape index (κ3) is 3.20. The zero-order valence-corrected chi connectivity index (χ0v) is 12.7. The summed E-state index contributed by atoms with van der Waals surface area (Å²) < 4.78 is 1.03. The number of nitrogens with zero attached hydrogens (tertiary/aromatic N) is 1. The van der Waals surface area contributed by atoms with Gasteiger partial charge in [-0.2, -0.15) is 0 Å². The van der Waals surface area contributed by atoms with Gasteiger partial charge in [-0.3, -0.25) is 9.78 Å². The van der Waals surface area contributed by atoms with Crippen molar-refractivity contribution in [1.29, 1.82) is 0 Å². The molecule has 98 valence electrons. The third-order valence-corrected chi connectivity index (χ3v) is 3.78. The van der Waals surface area contributed by atoms with Crippen molar-refractivity contribution in [3.8, 4) is 0 Å². The van der Waals surface area contributed by atoms with Crippen molar-refractivity contribution in [3.05, 3.63) is 57.3 Å². The number of aryl methyl sites for hydroxylation is 3. The fourth-order valence-corrected chi connectivity index (χ4v) is 2.09. The van der Waals surface area contributed by atoms with Crippen LogP contribution in [0.5, 0.6) is 0 Å². The van der Waals surface area contributed by atoms with Crippen molar-refractivity contribution < 1.29 is 4.79 Å². The van der Waals surface area contributed by atoms with E-state index in [1.165, 1.54) is 0 Å². The van der Waals surface area contributed by atoms with Crippen LogP contribution in [0.4, 0.5) is 5.69 Å². The molecule has 1 N–H and O–H groups in total. The molecule has 0 aliphatic carbocycles. The standard InChI is InChI=1S/C15H15BrN2O/c1-9-8-12(5-7-14(9)16)18-15(19)13-6-4-10(2)17-11(13)3/h4-8H,1-3H3,(H,18,19). The van der Waals surface area contributed by atoms with Gasteiger partial charge in [0.25, 0.3) is 5.91 Å². The Morgan fingerprint density at radius 2 is 1.89 bits per heavy atom. The molecule has 4 heteroatoms. The van der Waals surface area contributed by atoms with Gasteiger partial charge in [-0.15, -0.1) is 0 Å². The van der Waals surface area contributed by atoms with Crippen LogP contribution in [0.15, 0.2) is 34.8 Å². The minimum atomic E-state index is -0.133. The van der Waals surface area contributed by atoms with Crippen LogP contribution in [0, 0.1) is 20.8 Å². The van der Waals surface area contributed by atoms with Crippen molar-refractivity contribution in [2.45, 2.75) is 20.8 Å². The van der Waals surface area contributed by atoms with E-state index in [2.05, 4.69) is 26.2 Å². The van der Waals surface area contributed by atoms with Crippen LogP contribution in [-0.4, -0.2) is 10.9 Å². The van der Waals surface area contributed by atoms with Gasteiger partial charge in [0, 0.05) is 15.9 Å². The van der Waals surface area contributed by atoms with E-state index in [0.29, 0.717) is 5.56 Å². The monoisotopic (exact) mass is 318 g/mol. The van der Waals surface area contributed by atoms with Crippen LogP contribution in [0.3, 0.4) is 0 Å². The number of anilines is 1. The maximum absolute atomic E-state index is 12.2. The number of aromatic nitrogens is 1. The second kappa shape index (κ2) is 5.53. The molecule has 0 spiro atoms. The summed E-state index contributed by atoms with van der Waals surface area (Å²) in [6, 6.07) is 9.36. The lowest BCUT2D eigenvalue weighted by molar-refractivity contribution is 0.102. The van der Waals surface area contributed by atoms with Gasteiger partial charge in [0.05, 0.1) is 11.3 Å². The zero-order valence-electron chi connectivity index (χ0n) is 11.1. The first kappa shape index (κ1) is 13.7. The van der Waals surface area contributed by atoms with E-state index in [1.54, 1.807) is 6.07 Å². The lowest BCUT2D eigenvalue weighted by atomic mass is 10.1. The Kier molecular flexibility index (Phi) is 4.00. The van der Waals surface area contributed by atoms with Gasteiger partial charge in [0.1, 0.15) is 0 Å². The van der Waals surface area contributed by atoms with Gasteiger partial charge < -0.3 is 5.32 Å². The molecule has 1 amide bonds. The first-order chi connectivity index (χ1) is 8.97. The Morgan fingerprint density at radius 1 is 1.16 bits per heavy atom. The Balaban J connectivity index is 2.23. The number of hydrogen-bond donors (Lipinski definition) is 1. The molecule has 1 heterocycles. The quantitative estimate of drug-likeness (QED) is 0.908. The van der Waals surface area contributed by atoms with Crippen LogP contribution < -0.4 is 5.32 Å². The second-order valence-electron chi connectivity index (χ2n) is 4.50. The number of carbonyl (C=O) groups is 1. The van der Waals surface area contributed by atoms with Crippen LogP contribution >= 0.6 is 15.9 Å². The number of amides is 1. The topological polar surface area (TPSA) is 42.0 Å². The molecule has 0 aliphatic rings. The van der Waals surface area contributed by atoms with Gasteiger partial charge >= 0.3 is 0 Å². The van der Waals surface area contributed by atoms with Gasteiger partial charge in [-0.25, -0.2) is 0 Å². The average Bonchev–Trinajstić information content (AvgIpc) is 2.33. The molecule has 19 heavy (non-hydrogen) atoms. The largest absolute Gasteiger partial charge is 0.322 e. The van der Waals surface area contributed by atoms with Gasteiger partial charge in [-0.1, -0.05) is 15.9 Å². The summed E-state index contributed by atoms with van der Waals surface area (Å²) in [6.07, 6.45) is 0.